The number of primary amides is 1. The molecule has 0 aliphatic heterocycles. The number of anilines is 1. The molecule has 1 saturated carbocycles. The molecule has 1 aromatic carbocycles. The van der Waals surface area contributed by atoms with E-state index in [4.69, 9.17) is 10.8 Å². The van der Waals surface area contributed by atoms with Crippen LogP contribution in [0.3, 0.4) is 0 Å². The Hall–Kier alpha value is -2.25. The van der Waals surface area contributed by atoms with Gasteiger partial charge < -0.3 is 10.8 Å². The van der Waals surface area contributed by atoms with Crippen LogP contribution in [0.5, 0.6) is 0 Å². The molecular formula is C12H11F3N2O3. The normalized spacial score (nSPS) is 14.9. The van der Waals surface area contributed by atoms with Crippen molar-refractivity contribution >= 4 is 17.7 Å². The van der Waals surface area contributed by atoms with Gasteiger partial charge >= 0.3 is 18.2 Å². The number of amides is 2. The van der Waals surface area contributed by atoms with Crippen LogP contribution in [-0.2, 0) is 6.18 Å². The molecule has 108 valence electrons. The third kappa shape index (κ3) is 2.68. The Morgan fingerprint density at radius 2 is 1.90 bits per heavy atom. The molecule has 1 fully saturated rings. The topological polar surface area (TPSA) is 83.6 Å². The maximum Gasteiger partial charge on any atom is 0.416 e. The van der Waals surface area contributed by atoms with Gasteiger partial charge in [0.25, 0.3) is 0 Å². The SMILES string of the molecule is NC(=O)N(c1ccc(C(F)(F)F)cc1C(=O)O)C1CC1. The van der Waals surface area contributed by atoms with E-state index in [1.807, 2.05) is 0 Å². The second kappa shape index (κ2) is 4.69. The first-order chi connectivity index (χ1) is 9.21. The molecule has 8 heteroatoms. The van der Waals surface area contributed by atoms with Gasteiger partial charge in [0.1, 0.15) is 0 Å². The summed E-state index contributed by atoms with van der Waals surface area (Å²) < 4.78 is 37.8. The van der Waals surface area contributed by atoms with Crippen molar-refractivity contribution in [3.05, 3.63) is 29.3 Å². The Labute approximate surface area is 111 Å². The van der Waals surface area contributed by atoms with Gasteiger partial charge in [0.2, 0.25) is 0 Å². The minimum absolute atomic E-state index is 0.111. The van der Waals surface area contributed by atoms with Gasteiger partial charge in [-0.2, -0.15) is 13.2 Å². The van der Waals surface area contributed by atoms with Crippen LogP contribution in [-0.4, -0.2) is 23.1 Å². The Morgan fingerprint density at radius 1 is 1.30 bits per heavy atom. The number of benzene rings is 1. The zero-order valence-electron chi connectivity index (χ0n) is 10.1. The molecule has 0 bridgehead atoms. The van der Waals surface area contributed by atoms with Crippen LogP contribution >= 0.6 is 0 Å². The highest BCUT2D eigenvalue weighted by Gasteiger charge is 2.37. The van der Waals surface area contributed by atoms with Crippen LogP contribution in [0, 0.1) is 0 Å². The van der Waals surface area contributed by atoms with Gasteiger partial charge in [-0.1, -0.05) is 0 Å². The zero-order chi connectivity index (χ0) is 15.1. The molecule has 0 aromatic heterocycles. The molecule has 2 rings (SSSR count). The van der Waals surface area contributed by atoms with Gasteiger partial charge in [-0.15, -0.1) is 0 Å². The van der Waals surface area contributed by atoms with Crippen LogP contribution in [0.25, 0.3) is 0 Å². The van der Waals surface area contributed by atoms with Crippen molar-refractivity contribution < 1.29 is 27.9 Å². The Morgan fingerprint density at radius 3 is 2.30 bits per heavy atom. The molecule has 0 heterocycles. The molecule has 3 N–H and O–H groups in total. The van der Waals surface area contributed by atoms with E-state index in [2.05, 4.69) is 0 Å². The fraction of sp³-hybridized carbons (Fsp3) is 0.333. The lowest BCUT2D eigenvalue weighted by Gasteiger charge is -2.22. The molecule has 0 radical (unpaired) electrons. The number of urea groups is 1. The first-order valence-corrected chi connectivity index (χ1v) is 5.75. The van der Waals surface area contributed by atoms with Crippen LogP contribution < -0.4 is 10.6 Å². The molecular weight excluding hydrogens is 277 g/mol. The van der Waals surface area contributed by atoms with E-state index >= 15 is 0 Å². The third-order valence-electron chi connectivity index (χ3n) is 2.96. The lowest BCUT2D eigenvalue weighted by molar-refractivity contribution is -0.137. The number of carbonyl (C=O) groups excluding carboxylic acids is 1. The van der Waals surface area contributed by atoms with Crippen molar-refractivity contribution in [1.29, 1.82) is 0 Å². The summed E-state index contributed by atoms with van der Waals surface area (Å²) in [5.74, 6) is -1.54. The van der Waals surface area contributed by atoms with Crippen LogP contribution in [0.4, 0.5) is 23.7 Å². The monoisotopic (exact) mass is 288 g/mol. The number of carboxylic acids is 1. The molecule has 0 unspecified atom stereocenters. The predicted octanol–water partition coefficient (Wildman–Crippen LogP) is 2.45. The first kappa shape index (κ1) is 14.2. The number of rotatable bonds is 3. The summed E-state index contributed by atoms with van der Waals surface area (Å²) in [7, 11) is 0. The van der Waals surface area contributed by atoms with Crippen LogP contribution in [0.1, 0.15) is 28.8 Å². The van der Waals surface area contributed by atoms with E-state index in [1.165, 1.54) is 0 Å². The highest BCUT2D eigenvalue weighted by molar-refractivity contribution is 6.01. The van der Waals surface area contributed by atoms with Crippen LogP contribution in [0.15, 0.2) is 18.2 Å². The fourth-order valence-electron chi connectivity index (χ4n) is 1.92. The van der Waals surface area contributed by atoms with Gasteiger partial charge in [0.15, 0.2) is 0 Å². The highest BCUT2D eigenvalue weighted by atomic mass is 19.4. The molecule has 5 nitrogen and oxygen atoms in total. The summed E-state index contributed by atoms with van der Waals surface area (Å²) in [5.41, 5.74) is 3.39. The Bertz CT molecular complexity index is 568. The van der Waals surface area contributed by atoms with E-state index in [9.17, 15) is 22.8 Å². The van der Waals surface area contributed by atoms with Gasteiger partial charge in [-0.25, -0.2) is 9.59 Å². The quantitative estimate of drug-likeness (QED) is 0.896. The number of nitrogens with two attached hydrogens (primary N) is 1. The second-order valence-corrected chi connectivity index (χ2v) is 4.47. The molecule has 1 aromatic rings. The number of nitrogens with zero attached hydrogens (tertiary/aromatic N) is 1. The van der Waals surface area contributed by atoms with E-state index in [1.54, 1.807) is 0 Å². The molecule has 1 aliphatic carbocycles. The van der Waals surface area contributed by atoms with E-state index in [0.29, 0.717) is 18.9 Å². The Balaban J connectivity index is 2.52. The Kier molecular flexibility index (Phi) is 3.33. The zero-order valence-corrected chi connectivity index (χ0v) is 10.1. The average Bonchev–Trinajstić information content (AvgIpc) is 3.11. The maximum atomic E-state index is 12.6. The fourth-order valence-corrected chi connectivity index (χ4v) is 1.92. The molecule has 20 heavy (non-hydrogen) atoms. The number of alkyl halides is 3. The number of carbonyl (C=O) groups is 2. The smallest absolute Gasteiger partial charge is 0.416 e. The largest absolute Gasteiger partial charge is 0.478 e. The molecule has 0 saturated heterocycles. The first-order valence-electron chi connectivity index (χ1n) is 5.75. The maximum absolute atomic E-state index is 12.6. The number of aromatic carboxylic acids is 1. The van der Waals surface area contributed by atoms with Crippen molar-refractivity contribution in [2.75, 3.05) is 4.90 Å². The number of hydrogen-bond donors (Lipinski definition) is 2. The van der Waals surface area contributed by atoms with Crippen LogP contribution in [0.2, 0.25) is 0 Å². The van der Waals surface area contributed by atoms with E-state index in [-0.39, 0.29) is 11.7 Å². The van der Waals surface area contributed by atoms with Crippen molar-refractivity contribution in [2.45, 2.75) is 25.1 Å². The summed E-state index contributed by atoms with van der Waals surface area (Å²) in [5, 5.41) is 9.04. The van der Waals surface area contributed by atoms with Crippen molar-refractivity contribution in [3.63, 3.8) is 0 Å². The van der Waals surface area contributed by atoms with Gasteiger partial charge in [0.05, 0.1) is 16.8 Å². The summed E-state index contributed by atoms with van der Waals surface area (Å²) in [6.07, 6.45) is -3.37. The van der Waals surface area contributed by atoms with Gasteiger partial charge in [-0.05, 0) is 31.0 Å². The molecule has 2 amide bonds. The number of halogens is 3. The molecule has 0 atom stereocenters. The summed E-state index contributed by atoms with van der Waals surface area (Å²) in [6, 6.07) is 1.09. The number of carboxylic acid groups (broad SMARTS) is 1. The average molecular weight is 288 g/mol. The van der Waals surface area contributed by atoms with Gasteiger partial charge in [0, 0.05) is 6.04 Å². The van der Waals surface area contributed by atoms with E-state index < -0.39 is 29.3 Å². The van der Waals surface area contributed by atoms with E-state index in [0.717, 1.165) is 17.0 Å². The minimum atomic E-state index is -4.65. The summed E-state index contributed by atoms with van der Waals surface area (Å²) in [4.78, 5) is 23.5. The standard InChI is InChI=1S/C12H11F3N2O3/c13-12(14,15)6-1-4-9(8(5-6)10(18)19)17(11(16)20)7-2-3-7/h1,4-5,7H,2-3H2,(H2,16,20)(H,18,19). The summed E-state index contributed by atoms with van der Waals surface area (Å²) in [6.45, 7) is 0. The van der Waals surface area contributed by atoms with Crippen molar-refractivity contribution in [3.8, 4) is 0 Å². The number of hydrogen-bond acceptors (Lipinski definition) is 2. The molecule has 1 aliphatic rings. The predicted molar refractivity (Wildman–Crippen MR) is 63.5 cm³/mol. The lowest BCUT2D eigenvalue weighted by atomic mass is 10.1. The summed E-state index contributed by atoms with van der Waals surface area (Å²) >= 11 is 0. The minimum Gasteiger partial charge on any atom is -0.478 e. The van der Waals surface area contributed by atoms with Gasteiger partial charge in [-0.3, -0.25) is 4.90 Å². The third-order valence-corrected chi connectivity index (χ3v) is 2.96. The van der Waals surface area contributed by atoms with Crippen molar-refractivity contribution in [1.82, 2.24) is 0 Å². The lowest BCUT2D eigenvalue weighted by Crippen LogP contribution is -2.38. The highest BCUT2D eigenvalue weighted by Crippen LogP contribution is 2.37. The second-order valence-electron chi connectivity index (χ2n) is 4.47. The molecule has 0 spiro atoms. The van der Waals surface area contributed by atoms with Crippen molar-refractivity contribution in [2.24, 2.45) is 5.73 Å².